The van der Waals surface area contributed by atoms with Gasteiger partial charge in [-0.3, -0.25) is 4.99 Å². The number of aliphatic imine (C=N–C) groups is 1. The third kappa shape index (κ3) is 5.40. The number of nitrogens with zero attached hydrogens (tertiary/aromatic N) is 4. The van der Waals surface area contributed by atoms with Crippen LogP contribution in [0.25, 0.3) is 0 Å². The molecule has 0 bridgehead atoms. The largest absolute Gasteiger partial charge is 0.462 e. The zero-order valence-corrected chi connectivity index (χ0v) is 18.5. The van der Waals surface area contributed by atoms with Gasteiger partial charge >= 0.3 is 5.97 Å². The van der Waals surface area contributed by atoms with Gasteiger partial charge in [-0.15, -0.1) is 0 Å². The zero-order valence-electron chi connectivity index (χ0n) is 17.8. The Bertz CT molecular complexity index is 926. The highest BCUT2D eigenvalue weighted by Gasteiger charge is 2.22. The summed E-state index contributed by atoms with van der Waals surface area (Å²) in [5.41, 5.74) is 2.66. The predicted octanol–water partition coefficient (Wildman–Crippen LogP) is 4.00. The van der Waals surface area contributed by atoms with Crippen molar-refractivity contribution >= 4 is 35.4 Å². The molecule has 1 N–H and O–H groups in total. The van der Waals surface area contributed by atoms with Crippen LogP contribution in [0.15, 0.2) is 35.6 Å². The Morgan fingerprint density at radius 3 is 2.77 bits per heavy atom. The van der Waals surface area contributed by atoms with Gasteiger partial charge in [0.1, 0.15) is 0 Å². The number of anilines is 1. The summed E-state index contributed by atoms with van der Waals surface area (Å²) in [6.45, 7) is 5.95. The van der Waals surface area contributed by atoms with Gasteiger partial charge < -0.3 is 15.0 Å². The molecule has 164 valence electrons. The number of aromatic nitrogens is 2. The lowest BCUT2D eigenvalue weighted by atomic mass is 9.96. The smallest absolute Gasteiger partial charge is 0.341 e. The Balaban J connectivity index is 1.17. The van der Waals surface area contributed by atoms with Crippen LogP contribution in [0.5, 0.6) is 0 Å². The van der Waals surface area contributed by atoms with Crippen molar-refractivity contribution in [1.82, 2.24) is 15.3 Å². The van der Waals surface area contributed by atoms with Crippen molar-refractivity contribution in [3.05, 3.63) is 46.7 Å². The first-order valence-electron chi connectivity index (χ1n) is 10.9. The van der Waals surface area contributed by atoms with Crippen molar-refractivity contribution < 1.29 is 9.53 Å². The minimum absolute atomic E-state index is 0.345. The van der Waals surface area contributed by atoms with Crippen molar-refractivity contribution in [2.24, 2.45) is 10.9 Å². The van der Waals surface area contributed by atoms with Crippen molar-refractivity contribution in [3.63, 3.8) is 0 Å². The predicted molar refractivity (Wildman–Crippen MR) is 123 cm³/mol. The summed E-state index contributed by atoms with van der Waals surface area (Å²) in [7, 11) is 0. The highest BCUT2D eigenvalue weighted by molar-refractivity contribution is 6.30. The quantitative estimate of drug-likeness (QED) is 0.492. The molecule has 1 fully saturated rings. The Labute approximate surface area is 187 Å². The van der Waals surface area contributed by atoms with E-state index in [1.807, 2.05) is 24.4 Å². The SMILES string of the molecule is CCOC(=O)c1cnc(N2CCC(CNCCC3C=Nc4ccc(Cl)cc43)CC2)nc1. The zero-order chi connectivity index (χ0) is 21.6. The molecule has 0 spiro atoms. The molecular weight excluding hydrogens is 414 g/mol. The summed E-state index contributed by atoms with van der Waals surface area (Å²) in [5.74, 6) is 1.29. The number of carbonyl (C=O) groups is 1. The van der Waals surface area contributed by atoms with Gasteiger partial charge in [-0.25, -0.2) is 14.8 Å². The molecule has 31 heavy (non-hydrogen) atoms. The summed E-state index contributed by atoms with van der Waals surface area (Å²) in [6, 6.07) is 5.92. The van der Waals surface area contributed by atoms with Crippen LogP contribution in [0, 0.1) is 5.92 Å². The lowest BCUT2D eigenvalue weighted by molar-refractivity contribution is 0.0525. The number of fused-ring (bicyclic) bond motifs is 1. The van der Waals surface area contributed by atoms with E-state index in [0.29, 0.717) is 30.0 Å². The fourth-order valence-corrected chi connectivity index (χ4v) is 4.31. The van der Waals surface area contributed by atoms with Gasteiger partial charge in [0, 0.05) is 42.6 Å². The average molecular weight is 442 g/mol. The molecule has 1 saturated heterocycles. The molecule has 8 heteroatoms. The van der Waals surface area contributed by atoms with Crippen molar-refractivity contribution in [3.8, 4) is 0 Å². The second-order valence-corrected chi connectivity index (χ2v) is 8.44. The summed E-state index contributed by atoms with van der Waals surface area (Å²) >= 11 is 6.14. The van der Waals surface area contributed by atoms with Crippen LogP contribution in [0.1, 0.15) is 48.0 Å². The maximum absolute atomic E-state index is 11.7. The molecule has 0 amide bonds. The molecule has 1 unspecified atom stereocenters. The van der Waals surface area contributed by atoms with Gasteiger partial charge in [0.15, 0.2) is 0 Å². The first-order valence-corrected chi connectivity index (χ1v) is 11.3. The summed E-state index contributed by atoms with van der Waals surface area (Å²) in [6.07, 6.45) is 8.35. The highest BCUT2D eigenvalue weighted by Crippen LogP contribution is 2.35. The normalized spacial score (nSPS) is 18.3. The van der Waals surface area contributed by atoms with E-state index in [2.05, 4.69) is 25.2 Å². The number of esters is 1. The van der Waals surface area contributed by atoms with E-state index in [-0.39, 0.29) is 5.97 Å². The van der Waals surface area contributed by atoms with Crippen molar-refractivity contribution in [2.75, 3.05) is 37.7 Å². The molecule has 0 radical (unpaired) electrons. The molecule has 2 aliphatic rings. The van der Waals surface area contributed by atoms with Crippen LogP contribution in [0.3, 0.4) is 0 Å². The standard InChI is InChI=1S/C23H28ClN5O2/c1-2-31-22(30)18-14-27-23(28-15-18)29-9-6-16(7-10-29)12-25-8-5-17-13-26-21-4-3-19(24)11-20(17)21/h3-4,11,13-17,25H,2,5-10,12H2,1H3. The topological polar surface area (TPSA) is 79.7 Å². The second kappa shape index (κ2) is 10.2. The number of carbonyl (C=O) groups excluding carboxylic acids is 1. The minimum atomic E-state index is -0.380. The van der Waals surface area contributed by atoms with Crippen LogP contribution >= 0.6 is 11.6 Å². The van der Waals surface area contributed by atoms with Gasteiger partial charge in [-0.05, 0) is 69.0 Å². The van der Waals surface area contributed by atoms with Crippen molar-refractivity contribution in [1.29, 1.82) is 0 Å². The second-order valence-electron chi connectivity index (χ2n) is 8.00. The maximum Gasteiger partial charge on any atom is 0.341 e. The van der Waals surface area contributed by atoms with E-state index >= 15 is 0 Å². The van der Waals surface area contributed by atoms with Crippen LogP contribution < -0.4 is 10.2 Å². The lowest BCUT2D eigenvalue weighted by Gasteiger charge is -2.32. The maximum atomic E-state index is 11.7. The fraction of sp³-hybridized carbons (Fsp3) is 0.478. The number of nitrogens with one attached hydrogen (secondary N) is 1. The molecule has 1 atom stereocenters. The van der Waals surface area contributed by atoms with E-state index in [1.165, 1.54) is 5.56 Å². The van der Waals surface area contributed by atoms with E-state index in [0.717, 1.165) is 56.2 Å². The van der Waals surface area contributed by atoms with Gasteiger partial charge in [-0.2, -0.15) is 0 Å². The molecule has 7 nitrogen and oxygen atoms in total. The van der Waals surface area contributed by atoms with Crippen molar-refractivity contribution in [2.45, 2.75) is 32.1 Å². The van der Waals surface area contributed by atoms with Crippen LogP contribution in [0.2, 0.25) is 5.02 Å². The highest BCUT2D eigenvalue weighted by atomic mass is 35.5. The number of rotatable bonds is 8. The molecule has 0 aliphatic carbocycles. The Kier molecular flexibility index (Phi) is 7.14. The Morgan fingerprint density at radius 2 is 2.03 bits per heavy atom. The fourth-order valence-electron chi connectivity index (χ4n) is 4.13. The van der Waals surface area contributed by atoms with E-state index in [4.69, 9.17) is 16.3 Å². The monoisotopic (exact) mass is 441 g/mol. The number of ether oxygens (including phenoxy) is 1. The third-order valence-electron chi connectivity index (χ3n) is 5.89. The third-order valence-corrected chi connectivity index (χ3v) is 6.13. The minimum Gasteiger partial charge on any atom is -0.462 e. The van der Waals surface area contributed by atoms with Gasteiger partial charge in [0.2, 0.25) is 5.95 Å². The molecular formula is C23H28ClN5O2. The van der Waals surface area contributed by atoms with Gasteiger partial charge in [0.25, 0.3) is 0 Å². The molecule has 0 saturated carbocycles. The average Bonchev–Trinajstić information content (AvgIpc) is 3.19. The molecule has 4 rings (SSSR count). The number of hydrogen-bond acceptors (Lipinski definition) is 7. The lowest BCUT2D eigenvalue weighted by Crippen LogP contribution is -2.38. The summed E-state index contributed by atoms with van der Waals surface area (Å²) in [4.78, 5) is 27.1. The van der Waals surface area contributed by atoms with Crippen LogP contribution in [-0.2, 0) is 4.74 Å². The van der Waals surface area contributed by atoms with E-state index in [9.17, 15) is 4.79 Å². The first-order chi connectivity index (χ1) is 15.1. The van der Waals surface area contributed by atoms with Crippen LogP contribution in [0.4, 0.5) is 11.6 Å². The molecule has 2 aromatic rings. The number of halogens is 1. The van der Waals surface area contributed by atoms with E-state index < -0.39 is 0 Å². The Hall–Kier alpha value is -2.51. The number of benzene rings is 1. The number of piperidine rings is 1. The molecule has 2 aliphatic heterocycles. The first kappa shape index (κ1) is 21.7. The Morgan fingerprint density at radius 1 is 1.26 bits per heavy atom. The molecule has 1 aromatic heterocycles. The number of hydrogen-bond donors (Lipinski definition) is 1. The molecule has 1 aromatic carbocycles. The summed E-state index contributed by atoms with van der Waals surface area (Å²) < 4.78 is 4.98. The molecule has 3 heterocycles. The summed E-state index contributed by atoms with van der Waals surface area (Å²) in [5, 5.41) is 4.39. The van der Waals surface area contributed by atoms with Gasteiger partial charge in [0.05, 0.1) is 17.9 Å². The van der Waals surface area contributed by atoms with Gasteiger partial charge in [-0.1, -0.05) is 11.6 Å². The van der Waals surface area contributed by atoms with E-state index in [1.54, 1.807) is 19.3 Å². The van der Waals surface area contributed by atoms with Crippen LogP contribution in [-0.4, -0.2) is 54.9 Å².